The third kappa shape index (κ3) is 5.37. The van der Waals surface area contributed by atoms with Gasteiger partial charge in [0.2, 0.25) is 5.91 Å². The number of benzene rings is 1. The molecule has 7 nitrogen and oxygen atoms in total. The fourth-order valence-electron chi connectivity index (χ4n) is 2.36. The summed E-state index contributed by atoms with van der Waals surface area (Å²) in [5.41, 5.74) is 1.11. The molecule has 0 radical (unpaired) electrons. The Morgan fingerprint density at radius 1 is 1.11 bits per heavy atom. The highest BCUT2D eigenvalue weighted by atomic mass is 32.1. The van der Waals surface area contributed by atoms with E-state index in [1.807, 2.05) is 37.3 Å². The minimum atomic E-state index is -0.417. The number of hydrogen-bond donors (Lipinski definition) is 2. The van der Waals surface area contributed by atoms with E-state index >= 15 is 0 Å². The Bertz CT molecular complexity index is 943. The molecule has 8 heteroatoms. The number of amides is 2. The summed E-state index contributed by atoms with van der Waals surface area (Å²) in [4.78, 5) is 32.9. The van der Waals surface area contributed by atoms with Crippen LogP contribution in [0.25, 0.3) is 0 Å². The van der Waals surface area contributed by atoms with Gasteiger partial charge in [-0.2, -0.15) is 0 Å². The lowest BCUT2D eigenvalue weighted by molar-refractivity contribution is -0.115. The first kappa shape index (κ1) is 19.5. The number of rotatable bonds is 8. The third-order valence-electron chi connectivity index (χ3n) is 3.65. The van der Waals surface area contributed by atoms with Crippen LogP contribution in [0.1, 0.15) is 29.4 Å². The molecule has 0 aliphatic heterocycles. The normalized spacial score (nSPS) is 10.3. The first-order chi connectivity index (χ1) is 13.7. The maximum atomic E-state index is 12.5. The van der Waals surface area contributed by atoms with E-state index in [0.717, 1.165) is 12.0 Å². The van der Waals surface area contributed by atoms with E-state index in [4.69, 9.17) is 4.74 Å². The van der Waals surface area contributed by atoms with Crippen LogP contribution in [0.5, 0.6) is 5.75 Å². The van der Waals surface area contributed by atoms with Crippen molar-refractivity contribution in [1.29, 1.82) is 0 Å². The molecule has 2 N–H and O–H groups in total. The second-order valence-corrected chi connectivity index (χ2v) is 6.76. The van der Waals surface area contributed by atoms with Crippen LogP contribution in [0.15, 0.2) is 54.0 Å². The lowest BCUT2D eigenvalue weighted by Crippen LogP contribution is -2.16. The van der Waals surface area contributed by atoms with Gasteiger partial charge in [0.1, 0.15) is 5.69 Å². The zero-order valence-corrected chi connectivity index (χ0v) is 16.2. The number of pyridine rings is 1. The monoisotopic (exact) mass is 396 g/mol. The van der Waals surface area contributed by atoms with Crippen LogP contribution in [0.2, 0.25) is 0 Å². The predicted molar refractivity (Wildman–Crippen MR) is 109 cm³/mol. The average Bonchev–Trinajstić information content (AvgIpc) is 3.16. The van der Waals surface area contributed by atoms with E-state index in [1.54, 1.807) is 23.7 Å². The van der Waals surface area contributed by atoms with Crippen molar-refractivity contribution in [2.75, 3.05) is 17.2 Å². The van der Waals surface area contributed by atoms with Crippen LogP contribution in [-0.2, 0) is 11.2 Å². The van der Waals surface area contributed by atoms with E-state index in [-0.39, 0.29) is 18.0 Å². The van der Waals surface area contributed by atoms with Crippen molar-refractivity contribution in [1.82, 2.24) is 9.97 Å². The van der Waals surface area contributed by atoms with Crippen molar-refractivity contribution in [2.45, 2.75) is 19.8 Å². The molecular weight excluding hydrogens is 376 g/mol. The van der Waals surface area contributed by atoms with Crippen LogP contribution in [-0.4, -0.2) is 28.4 Å². The standard InChI is InChI=1S/C20H20N4O3S/c1-2-11-27-16-9-6-10-21-18(16)24-19(26)15-13-28-20(22-15)23-17(25)12-14-7-4-3-5-8-14/h3-10,13H,2,11-12H2,1H3,(H,21,24,26)(H,22,23,25). The lowest BCUT2D eigenvalue weighted by atomic mass is 10.1. The fraction of sp³-hybridized carbons (Fsp3) is 0.200. The number of nitrogens with zero attached hydrogens (tertiary/aromatic N) is 2. The first-order valence-corrected chi connectivity index (χ1v) is 9.72. The summed E-state index contributed by atoms with van der Waals surface area (Å²) < 4.78 is 5.59. The van der Waals surface area contributed by atoms with Gasteiger partial charge in [0, 0.05) is 11.6 Å². The SMILES string of the molecule is CCCOc1cccnc1NC(=O)c1csc(NC(=O)Cc2ccccc2)n1. The van der Waals surface area contributed by atoms with Gasteiger partial charge in [-0.1, -0.05) is 37.3 Å². The van der Waals surface area contributed by atoms with Gasteiger partial charge in [0.05, 0.1) is 13.0 Å². The molecule has 0 aliphatic carbocycles. The van der Waals surface area contributed by atoms with Crippen LogP contribution >= 0.6 is 11.3 Å². The third-order valence-corrected chi connectivity index (χ3v) is 4.41. The molecule has 0 spiro atoms. The molecule has 3 rings (SSSR count). The Kier molecular flexibility index (Phi) is 6.69. The highest BCUT2D eigenvalue weighted by Crippen LogP contribution is 2.23. The number of ether oxygens (including phenoxy) is 1. The minimum Gasteiger partial charge on any atom is -0.490 e. The summed E-state index contributed by atoms with van der Waals surface area (Å²) in [5.74, 6) is 0.236. The average molecular weight is 396 g/mol. The second kappa shape index (κ2) is 9.61. The molecule has 0 saturated carbocycles. The number of aromatic nitrogens is 2. The Morgan fingerprint density at radius 3 is 2.71 bits per heavy atom. The molecule has 0 saturated heterocycles. The molecule has 28 heavy (non-hydrogen) atoms. The smallest absolute Gasteiger partial charge is 0.276 e. The molecule has 0 unspecified atom stereocenters. The molecule has 2 heterocycles. The van der Waals surface area contributed by atoms with Gasteiger partial charge in [0.25, 0.3) is 5.91 Å². The van der Waals surface area contributed by atoms with Crippen molar-refractivity contribution in [3.8, 4) is 5.75 Å². The molecule has 144 valence electrons. The number of carbonyl (C=O) groups excluding carboxylic acids is 2. The minimum absolute atomic E-state index is 0.188. The zero-order chi connectivity index (χ0) is 19.8. The molecule has 0 atom stereocenters. The summed E-state index contributed by atoms with van der Waals surface area (Å²) in [6.07, 6.45) is 2.67. The summed E-state index contributed by atoms with van der Waals surface area (Å²) in [5, 5.41) is 7.37. The Hall–Kier alpha value is -3.26. The largest absolute Gasteiger partial charge is 0.490 e. The summed E-state index contributed by atoms with van der Waals surface area (Å²) in [6, 6.07) is 12.9. The number of nitrogens with one attached hydrogen (secondary N) is 2. The highest BCUT2D eigenvalue weighted by Gasteiger charge is 2.15. The quantitative estimate of drug-likeness (QED) is 0.605. The van der Waals surface area contributed by atoms with Gasteiger partial charge in [0.15, 0.2) is 16.7 Å². The van der Waals surface area contributed by atoms with E-state index in [9.17, 15) is 9.59 Å². The summed E-state index contributed by atoms with van der Waals surface area (Å²) in [6.45, 7) is 2.53. The molecule has 3 aromatic rings. The molecule has 0 bridgehead atoms. The molecule has 0 aliphatic rings. The second-order valence-electron chi connectivity index (χ2n) is 5.90. The maximum Gasteiger partial charge on any atom is 0.276 e. The van der Waals surface area contributed by atoms with Crippen molar-refractivity contribution in [3.05, 3.63) is 65.3 Å². The van der Waals surface area contributed by atoms with Gasteiger partial charge in [-0.05, 0) is 24.1 Å². The highest BCUT2D eigenvalue weighted by molar-refractivity contribution is 7.14. The zero-order valence-electron chi connectivity index (χ0n) is 15.3. The number of thiazole rings is 1. The summed E-state index contributed by atoms with van der Waals surface area (Å²) in [7, 11) is 0. The van der Waals surface area contributed by atoms with Crippen molar-refractivity contribution < 1.29 is 14.3 Å². The van der Waals surface area contributed by atoms with Gasteiger partial charge in [-0.25, -0.2) is 9.97 Å². The van der Waals surface area contributed by atoms with Gasteiger partial charge in [-0.3, -0.25) is 9.59 Å². The van der Waals surface area contributed by atoms with Crippen LogP contribution in [0.3, 0.4) is 0 Å². The molecular formula is C20H20N4O3S. The van der Waals surface area contributed by atoms with Gasteiger partial charge < -0.3 is 15.4 Å². The molecule has 0 fully saturated rings. The Labute approximate surface area is 166 Å². The molecule has 1 aromatic carbocycles. The predicted octanol–water partition coefficient (Wildman–Crippen LogP) is 3.76. The van der Waals surface area contributed by atoms with E-state index in [1.165, 1.54) is 11.3 Å². The van der Waals surface area contributed by atoms with E-state index < -0.39 is 5.91 Å². The van der Waals surface area contributed by atoms with Crippen LogP contribution in [0, 0.1) is 0 Å². The molecule has 2 amide bonds. The van der Waals surface area contributed by atoms with Crippen LogP contribution in [0.4, 0.5) is 10.9 Å². The number of carbonyl (C=O) groups is 2. The Balaban J connectivity index is 1.60. The van der Waals surface area contributed by atoms with Crippen molar-refractivity contribution >= 4 is 34.1 Å². The van der Waals surface area contributed by atoms with Gasteiger partial charge >= 0.3 is 0 Å². The molecule has 2 aromatic heterocycles. The van der Waals surface area contributed by atoms with Crippen LogP contribution < -0.4 is 15.4 Å². The van der Waals surface area contributed by atoms with Gasteiger partial charge in [-0.15, -0.1) is 11.3 Å². The van der Waals surface area contributed by atoms with Crippen molar-refractivity contribution in [2.24, 2.45) is 0 Å². The summed E-state index contributed by atoms with van der Waals surface area (Å²) >= 11 is 1.19. The lowest BCUT2D eigenvalue weighted by Gasteiger charge is -2.09. The maximum absolute atomic E-state index is 12.5. The van der Waals surface area contributed by atoms with E-state index in [2.05, 4.69) is 20.6 Å². The van der Waals surface area contributed by atoms with Crippen molar-refractivity contribution in [3.63, 3.8) is 0 Å². The van der Waals surface area contributed by atoms with E-state index in [0.29, 0.717) is 23.3 Å². The number of anilines is 2. The Morgan fingerprint density at radius 2 is 1.93 bits per heavy atom. The fourth-order valence-corrected chi connectivity index (χ4v) is 3.07. The number of hydrogen-bond acceptors (Lipinski definition) is 6. The topological polar surface area (TPSA) is 93.2 Å². The first-order valence-electron chi connectivity index (χ1n) is 8.84.